The first-order chi connectivity index (χ1) is 12.3. The molecule has 8 nitrogen and oxygen atoms in total. The molecule has 0 saturated carbocycles. The fraction of sp³-hybridized carbons (Fsp3) is 0.118. The Balaban J connectivity index is 1.98. The van der Waals surface area contributed by atoms with E-state index >= 15 is 0 Å². The molecule has 1 heterocycles. The van der Waals surface area contributed by atoms with Crippen molar-refractivity contribution in [2.75, 3.05) is 4.31 Å². The first kappa shape index (κ1) is 17.6. The van der Waals surface area contributed by atoms with E-state index in [1.54, 1.807) is 18.2 Å². The minimum Gasteiger partial charge on any atom is -0.506 e. The van der Waals surface area contributed by atoms with E-state index in [9.17, 15) is 23.4 Å². The van der Waals surface area contributed by atoms with Crippen LogP contribution in [0.15, 0.2) is 54.5 Å². The van der Waals surface area contributed by atoms with Gasteiger partial charge >= 0.3 is 16.2 Å². The van der Waals surface area contributed by atoms with Gasteiger partial charge in [0.2, 0.25) is 5.88 Å². The molecule has 0 saturated heterocycles. The zero-order chi connectivity index (χ0) is 18.9. The highest BCUT2D eigenvalue weighted by Crippen LogP contribution is 2.35. The van der Waals surface area contributed by atoms with Crippen LogP contribution in [0.1, 0.15) is 12.0 Å². The van der Waals surface area contributed by atoms with Gasteiger partial charge in [-0.3, -0.25) is 4.79 Å². The van der Waals surface area contributed by atoms with Gasteiger partial charge in [-0.05, 0) is 35.2 Å². The quantitative estimate of drug-likeness (QED) is 0.633. The number of nitrogens with one attached hydrogen (secondary N) is 1. The molecule has 1 aliphatic heterocycles. The molecule has 0 aliphatic carbocycles. The number of phenols is 1. The summed E-state index contributed by atoms with van der Waals surface area (Å²) in [7, 11) is -4.02. The third-order valence-corrected chi connectivity index (χ3v) is 5.12. The number of hydrogen-bond acceptors (Lipinski definition) is 5. The summed E-state index contributed by atoms with van der Waals surface area (Å²) in [6, 6.07) is 11.6. The Morgan fingerprint density at radius 3 is 2.46 bits per heavy atom. The number of benzene rings is 2. The van der Waals surface area contributed by atoms with Gasteiger partial charge in [0.15, 0.2) is 0 Å². The van der Waals surface area contributed by atoms with Crippen molar-refractivity contribution in [1.82, 2.24) is 4.72 Å². The molecular formula is C17H16N2O6S. The van der Waals surface area contributed by atoms with Crippen LogP contribution in [0.5, 0.6) is 5.75 Å². The number of aromatic hydroxyl groups is 1. The molecule has 136 valence electrons. The van der Waals surface area contributed by atoms with E-state index in [1.807, 2.05) is 16.9 Å². The lowest BCUT2D eigenvalue weighted by Gasteiger charge is -2.16. The minimum absolute atomic E-state index is 0.00600. The van der Waals surface area contributed by atoms with E-state index in [4.69, 9.17) is 5.11 Å². The Hall–Kier alpha value is -3.20. The largest absolute Gasteiger partial charge is 0.506 e. The summed E-state index contributed by atoms with van der Waals surface area (Å²) in [5.41, 5.74) is 2.18. The standard InChI is InChI=1S/C17H16N2O6S/c20-15-6-5-13(9-14(15)19-10-16(21)18-26(19,24)25)12-3-1-2-11(8-12)4-7-17(22)23/h1-3,5-6,8-10,18,20-21H,4,7H2,(H,22,23). The van der Waals surface area contributed by atoms with Crippen LogP contribution in [0.3, 0.4) is 0 Å². The lowest BCUT2D eigenvalue weighted by molar-refractivity contribution is -0.136. The first-order valence-electron chi connectivity index (χ1n) is 7.63. The SMILES string of the molecule is O=C(O)CCc1cccc(-c2ccc(O)c(N3C=C(O)NS3(=O)=O)c2)c1. The maximum absolute atomic E-state index is 12.0. The summed E-state index contributed by atoms with van der Waals surface area (Å²) >= 11 is 0. The maximum Gasteiger partial charge on any atom is 0.330 e. The average molecular weight is 376 g/mol. The number of aliphatic hydroxyl groups excluding tert-OH is 1. The van der Waals surface area contributed by atoms with Crippen molar-refractivity contribution in [3.8, 4) is 16.9 Å². The molecule has 26 heavy (non-hydrogen) atoms. The number of carbonyl (C=O) groups is 1. The maximum atomic E-state index is 12.0. The van der Waals surface area contributed by atoms with Crippen LogP contribution in [0.25, 0.3) is 11.1 Å². The number of hydrogen-bond donors (Lipinski definition) is 4. The van der Waals surface area contributed by atoms with Crippen LogP contribution in [0, 0.1) is 0 Å². The molecule has 0 amide bonds. The van der Waals surface area contributed by atoms with Gasteiger partial charge < -0.3 is 15.3 Å². The van der Waals surface area contributed by atoms with Gasteiger partial charge in [0.1, 0.15) is 11.4 Å². The van der Waals surface area contributed by atoms with Crippen LogP contribution in [-0.4, -0.2) is 29.7 Å². The van der Waals surface area contributed by atoms with Crippen LogP contribution in [0.2, 0.25) is 0 Å². The Morgan fingerprint density at radius 1 is 1.08 bits per heavy atom. The predicted molar refractivity (Wildman–Crippen MR) is 94.7 cm³/mol. The Morgan fingerprint density at radius 2 is 1.81 bits per heavy atom. The minimum atomic E-state index is -4.02. The van der Waals surface area contributed by atoms with Gasteiger partial charge in [0, 0.05) is 6.42 Å². The van der Waals surface area contributed by atoms with Crippen LogP contribution >= 0.6 is 0 Å². The second kappa shape index (κ2) is 6.60. The number of carboxylic acid groups (broad SMARTS) is 1. The average Bonchev–Trinajstić information content (AvgIpc) is 2.86. The zero-order valence-electron chi connectivity index (χ0n) is 13.5. The molecule has 0 spiro atoms. The van der Waals surface area contributed by atoms with E-state index in [0.717, 1.165) is 21.6 Å². The second-order valence-corrected chi connectivity index (χ2v) is 7.26. The summed E-state index contributed by atoms with van der Waals surface area (Å²) in [5, 5.41) is 28.3. The molecule has 0 atom stereocenters. The number of aliphatic carboxylic acids is 1. The highest BCUT2D eigenvalue weighted by Gasteiger charge is 2.30. The molecule has 0 bridgehead atoms. The molecular weight excluding hydrogens is 360 g/mol. The highest BCUT2D eigenvalue weighted by molar-refractivity contribution is 7.91. The smallest absolute Gasteiger partial charge is 0.330 e. The molecule has 0 fully saturated rings. The summed E-state index contributed by atoms with van der Waals surface area (Å²) in [5.74, 6) is -1.71. The van der Waals surface area contributed by atoms with Gasteiger partial charge in [-0.25, -0.2) is 9.03 Å². The number of aliphatic hydroxyl groups is 1. The topological polar surface area (TPSA) is 127 Å². The van der Waals surface area contributed by atoms with Crippen molar-refractivity contribution in [3.63, 3.8) is 0 Å². The fourth-order valence-electron chi connectivity index (χ4n) is 2.62. The molecule has 1 aliphatic rings. The van der Waals surface area contributed by atoms with Gasteiger partial charge in [0.05, 0.1) is 6.20 Å². The lowest BCUT2D eigenvalue weighted by Crippen LogP contribution is -2.29. The molecule has 2 aromatic carbocycles. The highest BCUT2D eigenvalue weighted by atomic mass is 32.2. The summed E-state index contributed by atoms with van der Waals surface area (Å²) in [6.07, 6.45) is 1.33. The number of carboxylic acids is 1. The van der Waals surface area contributed by atoms with Crippen LogP contribution in [0.4, 0.5) is 5.69 Å². The number of phenolic OH excluding ortho intramolecular Hbond substituents is 1. The monoisotopic (exact) mass is 376 g/mol. The summed E-state index contributed by atoms with van der Waals surface area (Å²) < 4.78 is 26.7. The third-order valence-electron chi connectivity index (χ3n) is 3.83. The number of nitrogens with zero attached hydrogens (tertiary/aromatic N) is 1. The normalized spacial score (nSPS) is 15.4. The van der Waals surface area contributed by atoms with E-state index in [2.05, 4.69) is 0 Å². The number of rotatable bonds is 5. The Labute approximate surface area is 149 Å². The van der Waals surface area contributed by atoms with Crippen molar-refractivity contribution in [2.24, 2.45) is 0 Å². The van der Waals surface area contributed by atoms with E-state index < -0.39 is 22.1 Å². The van der Waals surface area contributed by atoms with Crippen molar-refractivity contribution in [1.29, 1.82) is 0 Å². The molecule has 0 aromatic heterocycles. The van der Waals surface area contributed by atoms with Crippen molar-refractivity contribution in [3.05, 3.63) is 60.1 Å². The molecule has 0 radical (unpaired) electrons. The van der Waals surface area contributed by atoms with E-state index in [1.165, 1.54) is 12.1 Å². The Kier molecular flexibility index (Phi) is 4.47. The van der Waals surface area contributed by atoms with Gasteiger partial charge in [-0.2, -0.15) is 8.42 Å². The van der Waals surface area contributed by atoms with Crippen LogP contribution in [-0.2, 0) is 21.4 Å². The fourth-order valence-corrected chi connectivity index (χ4v) is 3.68. The van der Waals surface area contributed by atoms with Crippen LogP contribution < -0.4 is 9.03 Å². The third kappa shape index (κ3) is 3.57. The van der Waals surface area contributed by atoms with E-state index in [-0.39, 0.29) is 17.9 Å². The summed E-state index contributed by atoms with van der Waals surface area (Å²) in [6.45, 7) is 0. The van der Waals surface area contributed by atoms with Gasteiger partial charge in [0.25, 0.3) is 0 Å². The Bertz CT molecular complexity index is 1000. The van der Waals surface area contributed by atoms with Crippen molar-refractivity contribution in [2.45, 2.75) is 12.8 Å². The molecule has 0 unspecified atom stereocenters. The lowest BCUT2D eigenvalue weighted by atomic mass is 10.0. The summed E-state index contributed by atoms with van der Waals surface area (Å²) in [4.78, 5) is 10.7. The van der Waals surface area contributed by atoms with Gasteiger partial charge in [-0.1, -0.05) is 30.3 Å². The molecule has 3 rings (SSSR count). The number of aryl methyl sites for hydroxylation is 1. The molecule has 4 N–H and O–H groups in total. The second-order valence-electron chi connectivity index (χ2n) is 5.71. The molecule has 2 aromatic rings. The number of anilines is 1. The zero-order valence-corrected chi connectivity index (χ0v) is 14.3. The van der Waals surface area contributed by atoms with Crippen molar-refractivity contribution < 1.29 is 28.5 Å². The van der Waals surface area contributed by atoms with E-state index in [0.29, 0.717) is 12.0 Å². The molecule has 9 heteroatoms. The predicted octanol–water partition coefficient (Wildman–Crippen LogP) is 2.09. The van der Waals surface area contributed by atoms with Crippen molar-refractivity contribution >= 4 is 21.9 Å². The van der Waals surface area contributed by atoms with Gasteiger partial charge in [-0.15, -0.1) is 0 Å². The first-order valence-corrected chi connectivity index (χ1v) is 9.07.